The molecule has 3 aromatic carbocycles. The Balaban J connectivity index is 1.58. The van der Waals surface area contributed by atoms with Gasteiger partial charge in [-0.05, 0) is 65.6 Å². The minimum Gasteiger partial charge on any atom is -0.493 e. The highest BCUT2D eigenvalue weighted by Crippen LogP contribution is 2.39. The first-order chi connectivity index (χ1) is 18.2. The number of rotatable bonds is 6. The van der Waals surface area contributed by atoms with Gasteiger partial charge in [0, 0.05) is 35.1 Å². The number of alkyl halides is 3. The predicted octanol–water partition coefficient (Wildman–Crippen LogP) is 5.83. The van der Waals surface area contributed by atoms with Crippen LogP contribution in [0.25, 0.3) is 33.3 Å². The fourth-order valence-electron chi connectivity index (χ4n) is 4.99. The summed E-state index contributed by atoms with van der Waals surface area (Å²) < 4.78 is 51.8. The molecule has 4 aromatic rings. The van der Waals surface area contributed by atoms with Crippen molar-refractivity contribution in [1.82, 2.24) is 9.88 Å². The summed E-state index contributed by atoms with van der Waals surface area (Å²) in [5, 5.41) is 10.2. The van der Waals surface area contributed by atoms with Crippen LogP contribution in [0.15, 0.2) is 60.7 Å². The van der Waals surface area contributed by atoms with E-state index in [9.17, 15) is 23.1 Å². The van der Waals surface area contributed by atoms with Crippen LogP contribution in [0, 0.1) is 0 Å². The Morgan fingerprint density at radius 3 is 2.42 bits per heavy atom. The normalized spacial score (nSPS) is 15.7. The zero-order valence-electron chi connectivity index (χ0n) is 20.9. The van der Waals surface area contributed by atoms with Gasteiger partial charge in [-0.1, -0.05) is 18.2 Å². The third-order valence-electron chi connectivity index (χ3n) is 6.85. The van der Waals surface area contributed by atoms with Gasteiger partial charge in [-0.3, -0.25) is 4.79 Å². The number of carbonyl (C=O) groups is 1. The van der Waals surface area contributed by atoms with Crippen molar-refractivity contribution in [1.29, 1.82) is 0 Å². The first-order valence-corrected chi connectivity index (χ1v) is 12.2. The van der Waals surface area contributed by atoms with Crippen molar-refractivity contribution in [2.75, 3.05) is 27.3 Å². The summed E-state index contributed by atoms with van der Waals surface area (Å²) in [7, 11) is 2.97. The number of carbonyl (C=O) groups excluding carboxylic acids is 1. The molecule has 9 heteroatoms. The lowest BCUT2D eigenvalue weighted by Crippen LogP contribution is -2.29. The van der Waals surface area contributed by atoms with E-state index < -0.39 is 18.7 Å². The van der Waals surface area contributed by atoms with E-state index >= 15 is 0 Å². The van der Waals surface area contributed by atoms with Crippen LogP contribution in [-0.2, 0) is 6.42 Å². The van der Waals surface area contributed by atoms with Crippen molar-refractivity contribution in [3.05, 3.63) is 71.8 Å². The van der Waals surface area contributed by atoms with Crippen LogP contribution in [0.3, 0.4) is 0 Å². The quantitative estimate of drug-likeness (QED) is 0.333. The molecule has 2 heterocycles. The number of aliphatic hydroxyl groups excluding tert-OH is 1. The van der Waals surface area contributed by atoms with Crippen molar-refractivity contribution in [3.63, 3.8) is 0 Å². The maximum atomic E-state index is 13.7. The average molecular weight is 525 g/mol. The Bertz CT molecular complexity index is 1500. The van der Waals surface area contributed by atoms with Crippen LogP contribution in [0.5, 0.6) is 11.5 Å². The monoisotopic (exact) mass is 524 g/mol. The number of likely N-dealkylation sites (tertiary alicyclic amines) is 1. The van der Waals surface area contributed by atoms with Crippen molar-refractivity contribution in [2.45, 2.75) is 25.1 Å². The van der Waals surface area contributed by atoms with Crippen LogP contribution in [0.1, 0.15) is 22.3 Å². The zero-order chi connectivity index (χ0) is 27.0. The molecule has 6 nitrogen and oxygen atoms in total. The van der Waals surface area contributed by atoms with E-state index in [1.54, 1.807) is 53.4 Å². The molecule has 0 saturated carbocycles. The number of aromatic nitrogens is 1. The highest BCUT2D eigenvalue weighted by atomic mass is 19.4. The number of methoxy groups -OCH3 is 2. The molecule has 2 N–H and O–H groups in total. The third kappa shape index (κ3) is 5.06. The van der Waals surface area contributed by atoms with E-state index in [4.69, 9.17) is 9.47 Å². The summed E-state index contributed by atoms with van der Waals surface area (Å²) in [4.78, 5) is 17.7. The van der Waals surface area contributed by atoms with Gasteiger partial charge in [0.2, 0.25) is 0 Å². The standard InChI is InChI=1S/C29H27F3N2O4/c1-37-25-9-7-19(14-26(25)38-2)27-23(15-29(30,31)32)22-13-18(6-8-24(22)33-27)17-4-3-5-20(12-17)28(36)34-11-10-21(35)16-34/h3-9,12-14,21,33,35H,10-11,15-16H2,1-2H3. The molecule has 1 aliphatic heterocycles. The molecule has 1 amide bonds. The largest absolute Gasteiger partial charge is 0.493 e. The summed E-state index contributed by atoms with van der Waals surface area (Å²) in [6, 6.07) is 17.3. The number of amides is 1. The fraction of sp³-hybridized carbons (Fsp3) is 0.276. The molecular weight excluding hydrogens is 497 g/mol. The average Bonchev–Trinajstić information content (AvgIpc) is 3.50. The topological polar surface area (TPSA) is 74.8 Å². The number of aromatic amines is 1. The van der Waals surface area contributed by atoms with Crippen molar-refractivity contribution in [3.8, 4) is 33.9 Å². The summed E-state index contributed by atoms with van der Waals surface area (Å²) in [5.41, 5.74) is 3.45. The van der Waals surface area contributed by atoms with Crippen molar-refractivity contribution < 1.29 is 32.5 Å². The van der Waals surface area contributed by atoms with E-state index in [-0.39, 0.29) is 18.0 Å². The first-order valence-electron chi connectivity index (χ1n) is 12.2. The second-order valence-electron chi connectivity index (χ2n) is 9.38. The lowest BCUT2D eigenvalue weighted by atomic mass is 9.97. The number of β-amino-alcohol motifs (C(OH)–C–C–N with tert-alkyl or cyclic N) is 1. The molecule has 5 rings (SSSR count). The smallest absolute Gasteiger partial charge is 0.393 e. The lowest BCUT2D eigenvalue weighted by molar-refractivity contribution is -0.126. The first kappa shape index (κ1) is 25.7. The number of H-pyrrole nitrogens is 1. The predicted molar refractivity (Wildman–Crippen MR) is 139 cm³/mol. The molecule has 1 aromatic heterocycles. The number of benzene rings is 3. The molecule has 1 unspecified atom stereocenters. The fourth-order valence-corrected chi connectivity index (χ4v) is 4.99. The van der Waals surface area contributed by atoms with Gasteiger partial charge in [0.05, 0.1) is 32.4 Å². The van der Waals surface area contributed by atoms with Gasteiger partial charge in [-0.2, -0.15) is 13.2 Å². The molecule has 1 fully saturated rings. The van der Waals surface area contributed by atoms with Crippen LogP contribution >= 0.6 is 0 Å². The molecule has 0 bridgehead atoms. The molecular formula is C29H27F3N2O4. The van der Waals surface area contributed by atoms with Crippen molar-refractivity contribution >= 4 is 16.8 Å². The number of aliphatic hydroxyl groups is 1. The number of fused-ring (bicyclic) bond motifs is 1. The number of nitrogens with zero attached hydrogens (tertiary/aromatic N) is 1. The maximum Gasteiger partial charge on any atom is 0.393 e. The maximum absolute atomic E-state index is 13.7. The van der Waals surface area contributed by atoms with E-state index in [0.717, 1.165) is 0 Å². The number of halogens is 3. The second kappa shape index (κ2) is 10.1. The minimum absolute atomic E-state index is 0.125. The number of hydrogen-bond donors (Lipinski definition) is 2. The summed E-state index contributed by atoms with van der Waals surface area (Å²) in [5.74, 6) is 0.707. The second-order valence-corrected chi connectivity index (χ2v) is 9.38. The molecule has 1 saturated heterocycles. The zero-order valence-corrected chi connectivity index (χ0v) is 20.9. The highest BCUT2D eigenvalue weighted by molar-refractivity contribution is 5.97. The van der Waals surface area contributed by atoms with Gasteiger partial charge in [-0.15, -0.1) is 0 Å². The Morgan fingerprint density at radius 1 is 1.00 bits per heavy atom. The van der Waals surface area contributed by atoms with Gasteiger partial charge < -0.3 is 24.5 Å². The lowest BCUT2D eigenvalue weighted by Gasteiger charge is -2.16. The molecule has 0 radical (unpaired) electrons. The Labute approximate surface area is 217 Å². The molecule has 0 spiro atoms. The van der Waals surface area contributed by atoms with Gasteiger partial charge in [0.15, 0.2) is 11.5 Å². The van der Waals surface area contributed by atoms with Gasteiger partial charge in [0.1, 0.15) is 0 Å². The molecule has 198 valence electrons. The number of hydrogen-bond acceptors (Lipinski definition) is 4. The van der Waals surface area contributed by atoms with E-state index in [2.05, 4.69) is 4.98 Å². The summed E-state index contributed by atoms with van der Waals surface area (Å²) in [6.07, 6.45) is -5.52. The van der Waals surface area contributed by atoms with Gasteiger partial charge in [-0.25, -0.2) is 0 Å². The molecule has 1 aliphatic rings. The van der Waals surface area contributed by atoms with Crippen molar-refractivity contribution in [2.24, 2.45) is 0 Å². The van der Waals surface area contributed by atoms with Crippen LogP contribution in [0.4, 0.5) is 13.2 Å². The van der Waals surface area contributed by atoms with E-state index in [1.807, 2.05) is 12.1 Å². The Kier molecular flexibility index (Phi) is 6.79. The van der Waals surface area contributed by atoms with Crippen LogP contribution < -0.4 is 9.47 Å². The Morgan fingerprint density at radius 2 is 1.74 bits per heavy atom. The molecule has 38 heavy (non-hydrogen) atoms. The van der Waals surface area contributed by atoms with Gasteiger partial charge in [0.25, 0.3) is 5.91 Å². The highest BCUT2D eigenvalue weighted by Gasteiger charge is 2.31. The molecule has 1 atom stereocenters. The summed E-state index contributed by atoms with van der Waals surface area (Å²) in [6.45, 7) is 0.775. The SMILES string of the molecule is COc1ccc(-c2[nH]c3ccc(-c4cccc(C(=O)N5CCC(O)C5)c4)cc3c2CC(F)(F)F)cc1OC. The third-order valence-corrected chi connectivity index (χ3v) is 6.85. The van der Waals surface area contributed by atoms with E-state index in [1.165, 1.54) is 14.2 Å². The minimum atomic E-state index is -4.43. The van der Waals surface area contributed by atoms with Gasteiger partial charge >= 0.3 is 6.18 Å². The van der Waals surface area contributed by atoms with Crippen LogP contribution in [0.2, 0.25) is 0 Å². The number of nitrogens with one attached hydrogen (secondary N) is 1. The molecule has 0 aliphatic carbocycles. The Hall–Kier alpha value is -3.98. The summed E-state index contributed by atoms with van der Waals surface area (Å²) >= 11 is 0. The number of ether oxygens (including phenoxy) is 2. The van der Waals surface area contributed by atoms with Crippen LogP contribution in [-0.4, -0.2) is 60.5 Å². The van der Waals surface area contributed by atoms with E-state index in [0.29, 0.717) is 63.3 Å².